The van der Waals surface area contributed by atoms with Gasteiger partial charge in [0.05, 0.1) is 5.56 Å². The molecule has 2 heterocycles. The molecule has 0 atom stereocenters. The highest BCUT2D eigenvalue weighted by atomic mass is 32.2. The van der Waals surface area contributed by atoms with Crippen LogP contribution in [0, 0.1) is 5.92 Å². The first-order chi connectivity index (χ1) is 13.7. The number of hydrogen-bond acceptors (Lipinski definition) is 5. The molecule has 0 unspecified atom stereocenters. The summed E-state index contributed by atoms with van der Waals surface area (Å²) in [7, 11) is -3.90. The molecule has 0 aromatic heterocycles. The third-order valence-electron chi connectivity index (χ3n) is 5.74. The van der Waals surface area contributed by atoms with Gasteiger partial charge in [0.1, 0.15) is 4.90 Å². The van der Waals surface area contributed by atoms with Crippen LogP contribution >= 0.6 is 0 Å². The maximum atomic E-state index is 12.6. The molecule has 2 aliphatic rings. The van der Waals surface area contributed by atoms with E-state index >= 15 is 0 Å². The average molecular weight is 422 g/mol. The van der Waals surface area contributed by atoms with Crippen molar-refractivity contribution in [2.45, 2.75) is 57.4 Å². The summed E-state index contributed by atoms with van der Waals surface area (Å²) in [6.07, 6.45) is 4.41. The molecule has 8 heteroatoms. The molecule has 0 spiro atoms. The standard InChI is InChI=1S/C21H31N3O4S/c1-15(2)24-21(26)18-7-6-17(14-19(18)29(24,27)28)20(25)22-10-4-5-11-23-12-8-16(3)9-13-23/h6-7,14-16H,4-5,8-13H2,1-3H3,(H,22,25). The first-order valence-corrected chi connectivity index (χ1v) is 11.9. The molecule has 2 amide bonds. The fourth-order valence-corrected chi connectivity index (χ4v) is 5.74. The van der Waals surface area contributed by atoms with Crippen molar-refractivity contribution in [1.82, 2.24) is 14.5 Å². The van der Waals surface area contributed by atoms with Crippen LogP contribution in [-0.4, -0.2) is 61.7 Å². The molecule has 0 radical (unpaired) electrons. The zero-order valence-corrected chi connectivity index (χ0v) is 18.3. The summed E-state index contributed by atoms with van der Waals surface area (Å²) in [5.74, 6) is -0.0242. The Kier molecular flexibility index (Phi) is 6.63. The van der Waals surface area contributed by atoms with E-state index in [0.717, 1.165) is 42.7 Å². The molecular formula is C21H31N3O4S. The smallest absolute Gasteiger partial charge is 0.269 e. The van der Waals surface area contributed by atoms with Crippen LogP contribution in [0.5, 0.6) is 0 Å². The van der Waals surface area contributed by atoms with E-state index in [2.05, 4.69) is 17.1 Å². The lowest BCUT2D eigenvalue weighted by molar-refractivity contribution is 0.0845. The molecule has 1 fully saturated rings. The van der Waals surface area contributed by atoms with Gasteiger partial charge >= 0.3 is 0 Å². The highest BCUT2D eigenvalue weighted by molar-refractivity contribution is 7.90. The molecule has 3 rings (SSSR count). The van der Waals surface area contributed by atoms with Gasteiger partial charge in [-0.1, -0.05) is 6.92 Å². The number of unbranched alkanes of at least 4 members (excludes halogenated alkanes) is 1. The Labute approximate surface area is 173 Å². The van der Waals surface area contributed by atoms with Crippen molar-refractivity contribution in [3.8, 4) is 0 Å². The van der Waals surface area contributed by atoms with E-state index in [1.54, 1.807) is 13.8 Å². The number of amides is 2. The summed E-state index contributed by atoms with van der Waals surface area (Å²) in [4.78, 5) is 27.2. The van der Waals surface area contributed by atoms with Gasteiger partial charge in [-0.05, 0) is 83.3 Å². The van der Waals surface area contributed by atoms with Gasteiger partial charge in [-0.2, -0.15) is 0 Å². The number of nitrogens with one attached hydrogen (secondary N) is 1. The van der Waals surface area contributed by atoms with Crippen molar-refractivity contribution < 1.29 is 18.0 Å². The number of rotatable bonds is 7. The van der Waals surface area contributed by atoms with Gasteiger partial charge in [-0.25, -0.2) is 12.7 Å². The molecule has 7 nitrogen and oxygen atoms in total. The summed E-state index contributed by atoms with van der Waals surface area (Å²) in [6, 6.07) is 3.79. The summed E-state index contributed by atoms with van der Waals surface area (Å²) in [5.41, 5.74) is 0.391. The minimum atomic E-state index is -3.90. The largest absolute Gasteiger partial charge is 0.352 e. The zero-order valence-electron chi connectivity index (χ0n) is 17.5. The second-order valence-electron chi connectivity index (χ2n) is 8.40. The lowest BCUT2D eigenvalue weighted by atomic mass is 9.99. The van der Waals surface area contributed by atoms with Crippen LogP contribution in [0.1, 0.15) is 67.2 Å². The average Bonchev–Trinajstić information content (AvgIpc) is 2.88. The Balaban J connectivity index is 1.53. The van der Waals surface area contributed by atoms with Crippen molar-refractivity contribution in [3.63, 3.8) is 0 Å². The second-order valence-corrected chi connectivity index (χ2v) is 10.2. The molecule has 29 heavy (non-hydrogen) atoms. The maximum absolute atomic E-state index is 12.6. The minimum absolute atomic E-state index is 0.0804. The number of carbonyl (C=O) groups excluding carboxylic acids is 2. The Morgan fingerprint density at radius 3 is 2.55 bits per heavy atom. The summed E-state index contributed by atoms with van der Waals surface area (Å²) >= 11 is 0. The monoisotopic (exact) mass is 421 g/mol. The van der Waals surface area contributed by atoms with Crippen LogP contribution < -0.4 is 5.32 Å². The predicted octanol–water partition coefficient (Wildman–Crippen LogP) is 2.48. The molecule has 1 aromatic rings. The lowest BCUT2D eigenvalue weighted by Crippen LogP contribution is -2.36. The first kappa shape index (κ1) is 21.8. The fraction of sp³-hybridized carbons (Fsp3) is 0.619. The first-order valence-electron chi connectivity index (χ1n) is 10.4. The van der Waals surface area contributed by atoms with Gasteiger partial charge in [0.25, 0.3) is 21.8 Å². The van der Waals surface area contributed by atoms with E-state index in [-0.39, 0.29) is 21.9 Å². The van der Waals surface area contributed by atoms with Gasteiger partial charge in [0, 0.05) is 18.2 Å². The number of fused-ring (bicyclic) bond motifs is 1. The number of hydrogen-bond donors (Lipinski definition) is 1. The number of carbonyl (C=O) groups is 2. The molecule has 0 saturated carbocycles. The van der Waals surface area contributed by atoms with Gasteiger partial charge in [-0.3, -0.25) is 9.59 Å². The van der Waals surface area contributed by atoms with E-state index in [9.17, 15) is 18.0 Å². The van der Waals surface area contributed by atoms with Crippen molar-refractivity contribution in [2.24, 2.45) is 5.92 Å². The fourth-order valence-electron chi connectivity index (χ4n) is 3.95. The number of sulfonamides is 1. The highest BCUT2D eigenvalue weighted by Gasteiger charge is 2.42. The van der Waals surface area contributed by atoms with Crippen LogP contribution in [-0.2, 0) is 10.0 Å². The van der Waals surface area contributed by atoms with Crippen molar-refractivity contribution in [1.29, 1.82) is 0 Å². The zero-order chi connectivity index (χ0) is 21.2. The van der Waals surface area contributed by atoms with Gasteiger partial charge in [-0.15, -0.1) is 0 Å². The molecule has 0 aliphatic carbocycles. The predicted molar refractivity (Wildman–Crippen MR) is 111 cm³/mol. The van der Waals surface area contributed by atoms with Crippen molar-refractivity contribution in [3.05, 3.63) is 29.3 Å². The van der Waals surface area contributed by atoms with Gasteiger partial charge in [0.15, 0.2) is 0 Å². The molecule has 1 N–H and O–H groups in total. The number of nitrogens with zero attached hydrogens (tertiary/aromatic N) is 2. The highest BCUT2D eigenvalue weighted by Crippen LogP contribution is 2.32. The van der Waals surface area contributed by atoms with Crippen LogP contribution in [0.4, 0.5) is 0 Å². The molecule has 2 aliphatic heterocycles. The molecular weight excluding hydrogens is 390 g/mol. The third-order valence-corrected chi connectivity index (χ3v) is 7.74. The molecule has 1 saturated heterocycles. The van der Waals surface area contributed by atoms with Crippen LogP contribution in [0.15, 0.2) is 23.1 Å². The minimum Gasteiger partial charge on any atom is -0.352 e. The van der Waals surface area contributed by atoms with E-state index in [1.165, 1.54) is 31.0 Å². The number of benzene rings is 1. The Morgan fingerprint density at radius 2 is 1.90 bits per heavy atom. The van der Waals surface area contributed by atoms with E-state index in [4.69, 9.17) is 0 Å². The Hall–Kier alpha value is -1.93. The Bertz CT molecular complexity index is 874. The normalized spacial score (nSPS) is 19.6. The topological polar surface area (TPSA) is 86.8 Å². The number of likely N-dealkylation sites (tertiary alicyclic amines) is 1. The van der Waals surface area contributed by atoms with Crippen molar-refractivity contribution in [2.75, 3.05) is 26.2 Å². The SMILES string of the molecule is CC1CCN(CCCCNC(=O)c2ccc3c(c2)S(=O)(=O)N(C(C)C)C3=O)CC1. The Morgan fingerprint density at radius 1 is 1.21 bits per heavy atom. The van der Waals surface area contributed by atoms with Crippen LogP contribution in [0.2, 0.25) is 0 Å². The molecule has 160 valence electrons. The second kappa shape index (κ2) is 8.83. The number of piperidine rings is 1. The van der Waals surface area contributed by atoms with E-state index < -0.39 is 22.0 Å². The summed E-state index contributed by atoms with van der Waals surface area (Å²) in [6.45, 7) is 9.51. The quantitative estimate of drug-likeness (QED) is 0.684. The van der Waals surface area contributed by atoms with Crippen LogP contribution in [0.25, 0.3) is 0 Å². The molecule has 0 bridgehead atoms. The summed E-state index contributed by atoms with van der Waals surface area (Å²) < 4.78 is 26.2. The maximum Gasteiger partial charge on any atom is 0.269 e. The van der Waals surface area contributed by atoms with E-state index in [1.807, 2.05) is 0 Å². The van der Waals surface area contributed by atoms with Crippen molar-refractivity contribution >= 4 is 21.8 Å². The lowest BCUT2D eigenvalue weighted by Gasteiger charge is -2.30. The summed E-state index contributed by atoms with van der Waals surface area (Å²) in [5, 5.41) is 2.86. The van der Waals surface area contributed by atoms with Crippen LogP contribution in [0.3, 0.4) is 0 Å². The van der Waals surface area contributed by atoms with Gasteiger partial charge < -0.3 is 10.2 Å². The molecule has 1 aromatic carbocycles. The third kappa shape index (κ3) is 4.64. The van der Waals surface area contributed by atoms with Gasteiger partial charge in [0.2, 0.25) is 0 Å². The van der Waals surface area contributed by atoms with E-state index in [0.29, 0.717) is 6.54 Å².